The van der Waals surface area contributed by atoms with E-state index in [1.807, 2.05) is 55.5 Å². The van der Waals surface area contributed by atoms with Crippen molar-refractivity contribution < 1.29 is 19.8 Å². The van der Waals surface area contributed by atoms with E-state index in [4.69, 9.17) is 0 Å². The van der Waals surface area contributed by atoms with Crippen molar-refractivity contribution >= 4 is 11.9 Å². The van der Waals surface area contributed by atoms with E-state index in [9.17, 15) is 19.8 Å². The molecule has 0 aliphatic carbocycles. The first-order valence-electron chi connectivity index (χ1n) is 9.34. The first kappa shape index (κ1) is 19.1. The Hall–Kier alpha value is -2.66. The number of rotatable bonds is 5. The molecule has 0 saturated carbocycles. The number of benzene rings is 2. The number of amides is 1. The quantitative estimate of drug-likeness (QED) is 0.849. The predicted octanol–water partition coefficient (Wildman–Crippen LogP) is 3.43. The molecule has 2 atom stereocenters. The van der Waals surface area contributed by atoms with E-state index in [-0.39, 0.29) is 18.9 Å². The van der Waals surface area contributed by atoms with Gasteiger partial charge in [0.15, 0.2) is 0 Å². The average Bonchev–Trinajstić information content (AvgIpc) is 2.70. The largest absolute Gasteiger partial charge is 0.481 e. The van der Waals surface area contributed by atoms with Crippen LogP contribution in [0.5, 0.6) is 0 Å². The Morgan fingerprint density at radius 1 is 1.11 bits per heavy atom. The fourth-order valence-corrected chi connectivity index (χ4v) is 3.91. The molecule has 0 unspecified atom stereocenters. The van der Waals surface area contributed by atoms with E-state index in [1.165, 1.54) is 0 Å². The Balaban J connectivity index is 1.87. The molecule has 0 radical (unpaired) electrons. The Morgan fingerprint density at radius 3 is 2.48 bits per heavy atom. The topological polar surface area (TPSA) is 77.8 Å². The van der Waals surface area contributed by atoms with Crippen LogP contribution >= 0.6 is 0 Å². The van der Waals surface area contributed by atoms with Crippen molar-refractivity contribution in [2.24, 2.45) is 5.41 Å². The number of carboxylic acids is 1. The molecule has 0 spiro atoms. The molecule has 0 bridgehead atoms. The molecule has 1 fully saturated rings. The highest BCUT2D eigenvalue weighted by atomic mass is 16.4. The van der Waals surface area contributed by atoms with Gasteiger partial charge in [-0.05, 0) is 36.1 Å². The summed E-state index contributed by atoms with van der Waals surface area (Å²) in [5, 5.41) is 20.1. The highest BCUT2D eigenvalue weighted by Crippen LogP contribution is 2.36. The molecule has 2 aromatic carbocycles. The zero-order valence-electron chi connectivity index (χ0n) is 15.5. The molecule has 5 heteroatoms. The van der Waals surface area contributed by atoms with Crippen LogP contribution in [0.4, 0.5) is 0 Å². The lowest BCUT2D eigenvalue weighted by molar-refractivity contribution is -0.162. The van der Waals surface area contributed by atoms with Crippen LogP contribution in [-0.4, -0.2) is 46.2 Å². The van der Waals surface area contributed by atoms with Crippen molar-refractivity contribution in [3.63, 3.8) is 0 Å². The summed E-state index contributed by atoms with van der Waals surface area (Å²) in [6.07, 6.45) is 0.317. The Labute approximate surface area is 159 Å². The van der Waals surface area contributed by atoms with Gasteiger partial charge in [-0.3, -0.25) is 9.59 Å². The van der Waals surface area contributed by atoms with Crippen LogP contribution in [0.3, 0.4) is 0 Å². The third-order valence-corrected chi connectivity index (χ3v) is 5.41. The number of aliphatic hydroxyl groups excluding tert-OH is 1. The molecule has 1 heterocycles. The van der Waals surface area contributed by atoms with E-state index in [0.717, 1.165) is 11.1 Å². The van der Waals surface area contributed by atoms with Crippen LogP contribution in [0.25, 0.3) is 11.1 Å². The number of aliphatic carboxylic acids is 1. The summed E-state index contributed by atoms with van der Waals surface area (Å²) in [6.45, 7) is 2.28. The van der Waals surface area contributed by atoms with Gasteiger partial charge in [0.1, 0.15) is 5.41 Å². The van der Waals surface area contributed by atoms with Crippen molar-refractivity contribution in [1.29, 1.82) is 0 Å². The van der Waals surface area contributed by atoms with Gasteiger partial charge in [0.2, 0.25) is 0 Å². The smallest absolute Gasteiger partial charge is 0.314 e. The first-order chi connectivity index (χ1) is 13.0. The zero-order valence-corrected chi connectivity index (χ0v) is 15.5. The molecule has 27 heavy (non-hydrogen) atoms. The molecule has 142 valence electrons. The van der Waals surface area contributed by atoms with Crippen molar-refractivity contribution in [2.45, 2.75) is 32.3 Å². The molecular formula is C22H25NO4. The van der Waals surface area contributed by atoms with Crippen molar-refractivity contribution in [1.82, 2.24) is 4.90 Å². The van der Waals surface area contributed by atoms with Crippen molar-refractivity contribution in [3.8, 4) is 11.1 Å². The molecule has 2 N–H and O–H groups in total. The van der Waals surface area contributed by atoms with Gasteiger partial charge in [0, 0.05) is 18.7 Å². The van der Waals surface area contributed by atoms with Crippen molar-refractivity contribution in [3.05, 3.63) is 60.2 Å². The highest BCUT2D eigenvalue weighted by Gasteiger charge is 2.49. The SMILES string of the molecule is CCC[C@]1(C(=O)O)CN(C(=O)c2cccc(-c3ccccc3)c2)CC[C@H]1O. The summed E-state index contributed by atoms with van der Waals surface area (Å²) in [6, 6.07) is 17.2. The second-order valence-electron chi connectivity index (χ2n) is 7.19. The summed E-state index contributed by atoms with van der Waals surface area (Å²) >= 11 is 0. The molecule has 2 aromatic rings. The summed E-state index contributed by atoms with van der Waals surface area (Å²) in [5.41, 5.74) is 1.20. The van der Waals surface area contributed by atoms with E-state index in [1.54, 1.807) is 11.0 Å². The van der Waals surface area contributed by atoms with Gasteiger partial charge in [0.25, 0.3) is 5.91 Å². The lowest BCUT2D eigenvalue weighted by Gasteiger charge is -2.43. The van der Waals surface area contributed by atoms with Crippen LogP contribution in [0.1, 0.15) is 36.5 Å². The minimum absolute atomic E-state index is 0.0335. The maximum absolute atomic E-state index is 13.1. The minimum Gasteiger partial charge on any atom is -0.481 e. The van der Waals surface area contributed by atoms with Gasteiger partial charge in [0.05, 0.1) is 6.10 Å². The van der Waals surface area contributed by atoms with Gasteiger partial charge in [-0.15, -0.1) is 0 Å². The Kier molecular flexibility index (Phi) is 5.61. The fourth-order valence-electron chi connectivity index (χ4n) is 3.91. The minimum atomic E-state index is -1.29. The first-order valence-corrected chi connectivity index (χ1v) is 9.34. The van der Waals surface area contributed by atoms with Crippen LogP contribution in [-0.2, 0) is 4.79 Å². The number of hydrogen-bond donors (Lipinski definition) is 2. The molecule has 0 aromatic heterocycles. The maximum Gasteiger partial charge on any atom is 0.314 e. The van der Waals surface area contributed by atoms with Crippen molar-refractivity contribution in [2.75, 3.05) is 13.1 Å². The van der Waals surface area contributed by atoms with E-state index in [2.05, 4.69) is 0 Å². The molecular weight excluding hydrogens is 342 g/mol. The Morgan fingerprint density at radius 2 is 1.81 bits per heavy atom. The summed E-state index contributed by atoms with van der Waals surface area (Å²) in [4.78, 5) is 26.5. The molecule has 1 saturated heterocycles. The van der Waals surface area contributed by atoms with E-state index < -0.39 is 17.5 Å². The molecule has 1 aliphatic heterocycles. The van der Waals surface area contributed by atoms with Crippen LogP contribution in [0.15, 0.2) is 54.6 Å². The highest BCUT2D eigenvalue weighted by molar-refractivity contribution is 5.96. The third-order valence-electron chi connectivity index (χ3n) is 5.41. The summed E-state index contributed by atoms with van der Waals surface area (Å²) in [5.74, 6) is -1.23. The summed E-state index contributed by atoms with van der Waals surface area (Å²) in [7, 11) is 0. The van der Waals surface area contributed by atoms with Gasteiger partial charge in [-0.2, -0.15) is 0 Å². The number of piperidine rings is 1. The molecule has 1 amide bonds. The second kappa shape index (κ2) is 7.92. The van der Waals surface area contributed by atoms with Gasteiger partial charge >= 0.3 is 5.97 Å². The Bertz CT molecular complexity index is 820. The molecule has 5 nitrogen and oxygen atoms in total. The summed E-state index contributed by atoms with van der Waals surface area (Å²) < 4.78 is 0. The number of nitrogens with zero attached hydrogens (tertiary/aromatic N) is 1. The van der Waals surface area contributed by atoms with Crippen LogP contribution in [0.2, 0.25) is 0 Å². The maximum atomic E-state index is 13.1. The number of likely N-dealkylation sites (tertiary alicyclic amines) is 1. The van der Waals surface area contributed by atoms with E-state index in [0.29, 0.717) is 24.9 Å². The van der Waals surface area contributed by atoms with Crippen LogP contribution in [0, 0.1) is 5.41 Å². The lowest BCUT2D eigenvalue weighted by Crippen LogP contribution is -2.57. The number of hydrogen-bond acceptors (Lipinski definition) is 3. The normalized spacial score (nSPS) is 22.4. The number of carboxylic acid groups (broad SMARTS) is 1. The number of aliphatic hydroxyl groups is 1. The molecule has 1 aliphatic rings. The fraction of sp³-hybridized carbons (Fsp3) is 0.364. The van der Waals surface area contributed by atoms with Crippen LogP contribution < -0.4 is 0 Å². The lowest BCUT2D eigenvalue weighted by atomic mass is 9.74. The van der Waals surface area contributed by atoms with Gasteiger partial charge < -0.3 is 15.1 Å². The standard InChI is InChI=1S/C22H25NO4/c1-2-12-22(21(26)27)15-23(13-11-19(22)24)20(25)18-10-6-9-17(14-18)16-7-4-3-5-8-16/h3-10,14,19,24H,2,11-13,15H2,1H3,(H,26,27)/t19-,22+/m1/s1. The third kappa shape index (κ3) is 3.74. The molecule has 3 rings (SSSR count). The van der Waals surface area contributed by atoms with Gasteiger partial charge in [-0.1, -0.05) is 55.8 Å². The number of carbonyl (C=O) groups is 2. The number of carbonyl (C=O) groups excluding carboxylic acids is 1. The second-order valence-corrected chi connectivity index (χ2v) is 7.19. The monoisotopic (exact) mass is 367 g/mol. The van der Waals surface area contributed by atoms with Gasteiger partial charge in [-0.25, -0.2) is 0 Å². The zero-order chi connectivity index (χ0) is 19.4. The average molecular weight is 367 g/mol. The van der Waals surface area contributed by atoms with E-state index >= 15 is 0 Å². The predicted molar refractivity (Wildman–Crippen MR) is 103 cm³/mol.